The van der Waals surface area contributed by atoms with Crippen molar-refractivity contribution in [2.24, 2.45) is 5.41 Å². The standard InChI is InChI=1S/C20H23Cl2N3O/c1-5-10(2)23-18(26)20-7-6-11(19(20,3)4)16-17(20)25-15-9-13(22)12(21)8-14(15)24-16/h8-11H,5-7H2,1-4H3,(H,23,26). The number of hydrogen-bond donors (Lipinski definition) is 1. The first-order valence-electron chi connectivity index (χ1n) is 9.20. The highest BCUT2D eigenvalue weighted by Crippen LogP contribution is 2.67. The van der Waals surface area contributed by atoms with Crippen LogP contribution in [0.5, 0.6) is 0 Å². The Morgan fingerprint density at radius 3 is 2.50 bits per heavy atom. The second kappa shape index (κ2) is 5.80. The smallest absolute Gasteiger partial charge is 0.233 e. The molecule has 4 rings (SSSR count). The molecule has 3 unspecified atom stereocenters. The molecule has 3 atom stereocenters. The fraction of sp³-hybridized carbons (Fsp3) is 0.550. The quantitative estimate of drug-likeness (QED) is 0.799. The van der Waals surface area contributed by atoms with Crippen LogP contribution in [0.25, 0.3) is 11.0 Å². The van der Waals surface area contributed by atoms with Gasteiger partial charge in [0, 0.05) is 12.0 Å². The van der Waals surface area contributed by atoms with E-state index in [0.29, 0.717) is 15.6 Å². The van der Waals surface area contributed by atoms with Crippen LogP contribution in [0.15, 0.2) is 12.1 Å². The van der Waals surface area contributed by atoms with E-state index in [1.165, 1.54) is 0 Å². The van der Waals surface area contributed by atoms with Gasteiger partial charge in [-0.2, -0.15) is 0 Å². The first-order chi connectivity index (χ1) is 12.2. The third-order valence-electron chi connectivity index (χ3n) is 6.62. The number of nitrogens with zero attached hydrogens (tertiary/aromatic N) is 2. The fourth-order valence-corrected chi connectivity index (χ4v) is 5.14. The van der Waals surface area contributed by atoms with Gasteiger partial charge in [0.05, 0.1) is 37.9 Å². The van der Waals surface area contributed by atoms with Crippen molar-refractivity contribution in [2.45, 2.75) is 64.3 Å². The molecule has 0 spiro atoms. The number of nitrogens with one attached hydrogen (secondary N) is 1. The molecule has 26 heavy (non-hydrogen) atoms. The number of carbonyl (C=O) groups excluding carboxylic acids is 1. The maximum atomic E-state index is 13.4. The molecule has 2 bridgehead atoms. The molecule has 1 saturated carbocycles. The molecule has 4 nitrogen and oxygen atoms in total. The van der Waals surface area contributed by atoms with E-state index in [0.717, 1.165) is 36.2 Å². The molecule has 2 aliphatic rings. The molecule has 1 heterocycles. The molecule has 138 valence electrons. The second-order valence-corrected chi connectivity index (χ2v) is 9.03. The maximum Gasteiger partial charge on any atom is 0.233 e. The molecule has 2 aromatic rings. The monoisotopic (exact) mass is 391 g/mol. The van der Waals surface area contributed by atoms with Crippen LogP contribution in [0.2, 0.25) is 10.0 Å². The number of fused-ring (bicyclic) bond motifs is 6. The van der Waals surface area contributed by atoms with Gasteiger partial charge in [0.2, 0.25) is 5.91 Å². The number of aromatic nitrogens is 2. The van der Waals surface area contributed by atoms with Crippen LogP contribution >= 0.6 is 23.2 Å². The molecule has 2 aliphatic carbocycles. The van der Waals surface area contributed by atoms with E-state index in [1.54, 1.807) is 12.1 Å². The van der Waals surface area contributed by atoms with Gasteiger partial charge in [-0.05, 0) is 43.7 Å². The Morgan fingerprint density at radius 1 is 1.27 bits per heavy atom. The van der Waals surface area contributed by atoms with E-state index < -0.39 is 5.41 Å². The minimum atomic E-state index is -0.635. The maximum absolute atomic E-state index is 13.4. The Morgan fingerprint density at radius 2 is 1.88 bits per heavy atom. The molecule has 6 heteroatoms. The van der Waals surface area contributed by atoms with Crippen LogP contribution in [0.1, 0.15) is 64.3 Å². The highest BCUT2D eigenvalue weighted by Gasteiger charge is 2.67. The van der Waals surface area contributed by atoms with Gasteiger partial charge in [-0.25, -0.2) is 9.97 Å². The zero-order valence-corrected chi connectivity index (χ0v) is 17.0. The summed E-state index contributed by atoms with van der Waals surface area (Å²) in [7, 11) is 0. The predicted molar refractivity (Wildman–Crippen MR) is 105 cm³/mol. The van der Waals surface area contributed by atoms with Gasteiger partial charge in [0.15, 0.2) is 0 Å². The number of amides is 1. The Balaban J connectivity index is 1.93. The molecule has 0 aliphatic heterocycles. The van der Waals surface area contributed by atoms with Crippen molar-refractivity contribution in [3.63, 3.8) is 0 Å². The van der Waals surface area contributed by atoms with Gasteiger partial charge in [0.1, 0.15) is 0 Å². The topological polar surface area (TPSA) is 54.9 Å². The van der Waals surface area contributed by atoms with Crippen molar-refractivity contribution < 1.29 is 4.79 Å². The molecule has 0 radical (unpaired) electrons. The first kappa shape index (κ1) is 18.0. The lowest BCUT2D eigenvalue weighted by Gasteiger charge is -2.37. The summed E-state index contributed by atoms with van der Waals surface area (Å²) in [6.07, 6.45) is 2.66. The van der Waals surface area contributed by atoms with Gasteiger partial charge in [-0.1, -0.05) is 44.0 Å². The van der Waals surface area contributed by atoms with E-state index in [4.69, 9.17) is 33.2 Å². The van der Waals surface area contributed by atoms with Gasteiger partial charge in [-0.15, -0.1) is 0 Å². The average Bonchev–Trinajstić information content (AvgIpc) is 2.96. The molecular formula is C20H23Cl2N3O. The van der Waals surface area contributed by atoms with E-state index in [2.05, 4.69) is 26.1 Å². The summed E-state index contributed by atoms with van der Waals surface area (Å²) >= 11 is 12.3. The highest BCUT2D eigenvalue weighted by atomic mass is 35.5. The Hall–Kier alpha value is -1.39. The molecule has 1 aromatic heterocycles. The Bertz CT molecular complexity index is 927. The van der Waals surface area contributed by atoms with Crippen LogP contribution < -0.4 is 5.32 Å². The highest BCUT2D eigenvalue weighted by molar-refractivity contribution is 6.42. The summed E-state index contributed by atoms with van der Waals surface area (Å²) in [4.78, 5) is 23.2. The van der Waals surface area contributed by atoms with Gasteiger partial charge in [-0.3, -0.25) is 4.79 Å². The zero-order valence-electron chi connectivity index (χ0n) is 15.5. The zero-order chi connectivity index (χ0) is 18.9. The SMILES string of the molecule is CCC(C)NC(=O)C12CCC(c3nc4cc(Cl)c(Cl)cc4nc31)C2(C)C. The number of halogens is 2. The third-order valence-corrected chi connectivity index (χ3v) is 7.35. The molecule has 1 amide bonds. The summed E-state index contributed by atoms with van der Waals surface area (Å²) in [6, 6.07) is 3.64. The van der Waals surface area contributed by atoms with Crippen molar-refractivity contribution in [3.05, 3.63) is 33.6 Å². The summed E-state index contributed by atoms with van der Waals surface area (Å²) in [5.74, 6) is 0.304. The van der Waals surface area contributed by atoms with Crippen molar-refractivity contribution in [2.75, 3.05) is 0 Å². The largest absolute Gasteiger partial charge is 0.353 e. The molecule has 0 saturated heterocycles. The first-order valence-corrected chi connectivity index (χ1v) is 9.96. The molecular weight excluding hydrogens is 369 g/mol. The van der Waals surface area contributed by atoms with Crippen LogP contribution in [-0.2, 0) is 10.2 Å². The van der Waals surface area contributed by atoms with Crippen molar-refractivity contribution in [3.8, 4) is 0 Å². The summed E-state index contributed by atoms with van der Waals surface area (Å²) in [6.45, 7) is 8.47. The molecule has 1 N–H and O–H groups in total. The summed E-state index contributed by atoms with van der Waals surface area (Å²) in [5.41, 5.74) is 2.34. The lowest BCUT2D eigenvalue weighted by atomic mass is 9.67. The second-order valence-electron chi connectivity index (χ2n) is 8.21. The predicted octanol–water partition coefficient (Wildman–Crippen LogP) is 5.01. The summed E-state index contributed by atoms with van der Waals surface area (Å²) < 4.78 is 0. The van der Waals surface area contributed by atoms with Crippen molar-refractivity contribution in [1.29, 1.82) is 0 Å². The van der Waals surface area contributed by atoms with Crippen molar-refractivity contribution >= 4 is 40.1 Å². The fourth-order valence-electron chi connectivity index (χ4n) is 4.83. The minimum Gasteiger partial charge on any atom is -0.353 e. The Kier molecular flexibility index (Phi) is 4.02. The number of rotatable bonds is 3. The summed E-state index contributed by atoms with van der Waals surface area (Å²) in [5, 5.41) is 4.13. The average molecular weight is 392 g/mol. The third kappa shape index (κ3) is 2.18. The minimum absolute atomic E-state index is 0.0758. The number of hydrogen-bond acceptors (Lipinski definition) is 3. The van der Waals surface area contributed by atoms with Crippen LogP contribution in [0.4, 0.5) is 0 Å². The number of benzene rings is 1. The number of carbonyl (C=O) groups is 1. The van der Waals surface area contributed by atoms with Gasteiger partial charge >= 0.3 is 0 Å². The lowest BCUT2D eigenvalue weighted by molar-refractivity contribution is -0.130. The van der Waals surface area contributed by atoms with E-state index >= 15 is 0 Å². The normalized spacial score (nSPS) is 26.8. The lowest BCUT2D eigenvalue weighted by Crippen LogP contribution is -2.51. The van der Waals surface area contributed by atoms with E-state index in [9.17, 15) is 4.79 Å². The van der Waals surface area contributed by atoms with Crippen LogP contribution in [0.3, 0.4) is 0 Å². The van der Waals surface area contributed by atoms with Gasteiger partial charge in [0.25, 0.3) is 0 Å². The molecule has 1 aromatic carbocycles. The Labute approximate surface area is 163 Å². The van der Waals surface area contributed by atoms with Crippen molar-refractivity contribution in [1.82, 2.24) is 15.3 Å². The van der Waals surface area contributed by atoms with Gasteiger partial charge < -0.3 is 5.32 Å². The van der Waals surface area contributed by atoms with Crippen LogP contribution in [0, 0.1) is 5.41 Å². The van der Waals surface area contributed by atoms with Crippen LogP contribution in [-0.4, -0.2) is 21.9 Å². The van der Waals surface area contributed by atoms with E-state index in [-0.39, 0.29) is 23.3 Å². The van der Waals surface area contributed by atoms with E-state index in [1.807, 2.05) is 6.92 Å². The molecule has 1 fully saturated rings.